The number of nitrogens with zero attached hydrogens (tertiary/aromatic N) is 1. The van der Waals surface area contributed by atoms with Crippen LogP contribution in [0.5, 0.6) is 0 Å². The maximum absolute atomic E-state index is 6.06. The van der Waals surface area contributed by atoms with Gasteiger partial charge in [-0.05, 0) is 36.8 Å². The van der Waals surface area contributed by atoms with Gasteiger partial charge in [0.15, 0.2) is 0 Å². The lowest BCUT2D eigenvalue weighted by Crippen LogP contribution is -2.39. The molecule has 2 nitrogen and oxygen atoms in total. The van der Waals surface area contributed by atoms with Crippen LogP contribution in [0.2, 0.25) is 0 Å². The lowest BCUT2D eigenvalue weighted by Gasteiger charge is -2.38. The molecule has 17 heavy (non-hydrogen) atoms. The predicted molar refractivity (Wildman–Crippen MR) is 74.2 cm³/mol. The first-order valence-corrected chi connectivity index (χ1v) is 6.67. The van der Waals surface area contributed by atoms with E-state index in [9.17, 15) is 0 Å². The van der Waals surface area contributed by atoms with Crippen LogP contribution >= 0.6 is 0 Å². The van der Waals surface area contributed by atoms with Crippen LogP contribution in [0.1, 0.15) is 38.8 Å². The Morgan fingerprint density at radius 2 is 1.76 bits per heavy atom. The second-order valence-electron chi connectivity index (χ2n) is 5.70. The summed E-state index contributed by atoms with van der Waals surface area (Å²) in [6.07, 6.45) is 1.34. The lowest BCUT2D eigenvalue weighted by atomic mass is 9.91. The number of piperidine rings is 1. The largest absolute Gasteiger partial charge is 0.371 e. The Morgan fingerprint density at radius 3 is 2.35 bits per heavy atom. The Morgan fingerprint density at radius 1 is 1.18 bits per heavy atom. The van der Waals surface area contributed by atoms with Crippen molar-refractivity contribution in [3.8, 4) is 0 Å². The Labute approximate surface area is 105 Å². The molecule has 2 unspecified atom stereocenters. The Hall–Kier alpha value is -1.02. The minimum atomic E-state index is 0.110. The van der Waals surface area contributed by atoms with Crippen molar-refractivity contribution < 1.29 is 0 Å². The molecule has 0 radical (unpaired) electrons. The van der Waals surface area contributed by atoms with Crippen LogP contribution in [0.4, 0.5) is 5.69 Å². The summed E-state index contributed by atoms with van der Waals surface area (Å²) < 4.78 is 0. The van der Waals surface area contributed by atoms with Gasteiger partial charge in [0, 0.05) is 24.8 Å². The molecule has 0 saturated carbocycles. The summed E-state index contributed by atoms with van der Waals surface area (Å²) in [6, 6.07) is 8.68. The first-order valence-electron chi connectivity index (χ1n) is 6.67. The van der Waals surface area contributed by atoms with Crippen molar-refractivity contribution in [3.63, 3.8) is 0 Å². The van der Waals surface area contributed by atoms with Crippen LogP contribution < -0.4 is 10.6 Å². The summed E-state index contributed by atoms with van der Waals surface area (Å²) in [5.74, 6) is 1.56. The highest BCUT2D eigenvalue weighted by Gasteiger charge is 2.23. The van der Waals surface area contributed by atoms with E-state index in [-0.39, 0.29) is 6.04 Å². The number of benzene rings is 1. The van der Waals surface area contributed by atoms with Gasteiger partial charge in [-0.25, -0.2) is 0 Å². The molecule has 0 aliphatic carbocycles. The van der Waals surface area contributed by atoms with Gasteiger partial charge in [0.05, 0.1) is 0 Å². The van der Waals surface area contributed by atoms with E-state index in [1.54, 1.807) is 0 Å². The fourth-order valence-electron chi connectivity index (χ4n) is 3.02. The van der Waals surface area contributed by atoms with E-state index in [2.05, 4.69) is 49.9 Å². The molecule has 1 aromatic rings. The second-order valence-corrected chi connectivity index (χ2v) is 5.70. The van der Waals surface area contributed by atoms with E-state index < -0.39 is 0 Å². The Bertz CT molecular complexity index is 363. The van der Waals surface area contributed by atoms with Gasteiger partial charge in [-0.1, -0.05) is 32.0 Å². The molecule has 0 spiro atoms. The van der Waals surface area contributed by atoms with E-state index in [0.29, 0.717) is 0 Å². The van der Waals surface area contributed by atoms with Gasteiger partial charge in [0.2, 0.25) is 0 Å². The molecule has 0 bridgehead atoms. The number of rotatable bonds is 2. The average Bonchev–Trinajstić information content (AvgIpc) is 2.27. The van der Waals surface area contributed by atoms with Gasteiger partial charge < -0.3 is 10.6 Å². The molecule has 0 amide bonds. The van der Waals surface area contributed by atoms with Crippen LogP contribution in [0, 0.1) is 11.8 Å². The second kappa shape index (κ2) is 5.09. The Balaban J connectivity index is 2.27. The summed E-state index contributed by atoms with van der Waals surface area (Å²) in [5, 5.41) is 0. The highest BCUT2D eigenvalue weighted by Crippen LogP contribution is 2.30. The molecule has 1 aliphatic rings. The zero-order chi connectivity index (χ0) is 12.4. The van der Waals surface area contributed by atoms with Crippen LogP contribution in [0.15, 0.2) is 24.3 Å². The maximum atomic E-state index is 6.06. The van der Waals surface area contributed by atoms with Crippen molar-refractivity contribution in [2.75, 3.05) is 18.0 Å². The van der Waals surface area contributed by atoms with Gasteiger partial charge in [-0.3, -0.25) is 0 Å². The summed E-state index contributed by atoms with van der Waals surface area (Å²) in [5.41, 5.74) is 8.67. The topological polar surface area (TPSA) is 29.3 Å². The van der Waals surface area contributed by atoms with Crippen LogP contribution in [0.3, 0.4) is 0 Å². The van der Waals surface area contributed by atoms with E-state index in [0.717, 1.165) is 24.9 Å². The summed E-state index contributed by atoms with van der Waals surface area (Å²) >= 11 is 0. The summed E-state index contributed by atoms with van der Waals surface area (Å²) in [6.45, 7) is 9.08. The van der Waals surface area contributed by atoms with Crippen molar-refractivity contribution >= 4 is 5.69 Å². The first-order chi connectivity index (χ1) is 8.08. The zero-order valence-electron chi connectivity index (χ0n) is 11.2. The molecular formula is C15H24N2. The third kappa shape index (κ3) is 2.81. The van der Waals surface area contributed by atoms with E-state index in [1.165, 1.54) is 17.7 Å². The smallest absolute Gasteiger partial charge is 0.0414 e. The third-order valence-electron chi connectivity index (χ3n) is 3.64. The van der Waals surface area contributed by atoms with Crippen molar-refractivity contribution in [2.24, 2.45) is 17.6 Å². The van der Waals surface area contributed by atoms with Crippen molar-refractivity contribution in [2.45, 2.75) is 33.2 Å². The number of nitrogens with two attached hydrogens (primary N) is 1. The van der Waals surface area contributed by atoms with Crippen LogP contribution in [-0.4, -0.2) is 13.1 Å². The quantitative estimate of drug-likeness (QED) is 0.848. The van der Waals surface area contributed by atoms with Gasteiger partial charge in [0.1, 0.15) is 0 Å². The molecule has 1 saturated heterocycles. The molecule has 0 aromatic heterocycles. The SMILES string of the molecule is CC1CC(C)CN(c2ccccc2[C@H](C)N)C1. The lowest BCUT2D eigenvalue weighted by molar-refractivity contribution is 0.356. The normalized spacial score (nSPS) is 26.9. The predicted octanol–water partition coefficient (Wildman–Crippen LogP) is 3.19. The number of anilines is 1. The first kappa shape index (κ1) is 12.4. The fourth-order valence-corrected chi connectivity index (χ4v) is 3.02. The standard InChI is InChI=1S/C15H24N2/c1-11-8-12(2)10-17(9-11)15-7-5-4-6-14(15)13(3)16/h4-7,11-13H,8-10,16H2,1-3H3/t11?,12?,13-/m0/s1. The highest BCUT2D eigenvalue weighted by atomic mass is 15.1. The van der Waals surface area contributed by atoms with Gasteiger partial charge in [-0.15, -0.1) is 0 Å². The molecule has 1 heterocycles. The third-order valence-corrected chi connectivity index (χ3v) is 3.64. The summed E-state index contributed by atoms with van der Waals surface area (Å²) in [7, 11) is 0. The van der Waals surface area contributed by atoms with Gasteiger partial charge >= 0.3 is 0 Å². The van der Waals surface area contributed by atoms with Crippen LogP contribution in [0.25, 0.3) is 0 Å². The van der Waals surface area contributed by atoms with Gasteiger partial charge in [0.25, 0.3) is 0 Å². The molecule has 2 rings (SSSR count). The molecule has 1 fully saturated rings. The summed E-state index contributed by atoms with van der Waals surface area (Å²) in [4.78, 5) is 2.51. The van der Waals surface area contributed by atoms with Crippen molar-refractivity contribution in [1.82, 2.24) is 0 Å². The Kier molecular flexibility index (Phi) is 3.72. The molecule has 94 valence electrons. The van der Waals surface area contributed by atoms with E-state index in [4.69, 9.17) is 5.73 Å². The minimum absolute atomic E-state index is 0.110. The molecule has 2 N–H and O–H groups in total. The molecular weight excluding hydrogens is 208 g/mol. The number of hydrogen-bond donors (Lipinski definition) is 1. The highest BCUT2D eigenvalue weighted by molar-refractivity contribution is 5.55. The van der Waals surface area contributed by atoms with Crippen molar-refractivity contribution in [3.05, 3.63) is 29.8 Å². The maximum Gasteiger partial charge on any atom is 0.0414 e. The molecule has 3 atom stereocenters. The zero-order valence-corrected chi connectivity index (χ0v) is 11.2. The minimum Gasteiger partial charge on any atom is -0.371 e. The van der Waals surface area contributed by atoms with Crippen molar-refractivity contribution in [1.29, 1.82) is 0 Å². The van der Waals surface area contributed by atoms with E-state index in [1.807, 2.05) is 0 Å². The molecule has 1 aliphatic heterocycles. The van der Waals surface area contributed by atoms with Crippen LogP contribution in [-0.2, 0) is 0 Å². The van der Waals surface area contributed by atoms with E-state index >= 15 is 0 Å². The number of hydrogen-bond acceptors (Lipinski definition) is 2. The molecule has 2 heteroatoms. The average molecular weight is 232 g/mol. The molecule has 1 aromatic carbocycles. The number of para-hydroxylation sites is 1. The fraction of sp³-hybridized carbons (Fsp3) is 0.600. The van der Waals surface area contributed by atoms with Gasteiger partial charge in [-0.2, -0.15) is 0 Å². The monoisotopic (exact) mass is 232 g/mol.